The second kappa shape index (κ2) is 5.66. The third-order valence-electron chi connectivity index (χ3n) is 1.64. The topological polar surface area (TPSA) is 35.5 Å². The first kappa shape index (κ1) is 17.5. The van der Waals surface area contributed by atoms with Gasteiger partial charge in [0, 0.05) is 0 Å². The highest BCUT2D eigenvalue weighted by Gasteiger charge is 2.76. The lowest BCUT2D eigenvalue weighted by Crippen LogP contribution is -2.53. The summed E-state index contributed by atoms with van der Waals surface area (Å²) >= 11 is 0. The van der Waals surface area contributed by atoms with E-state index < -0.39 is 29.9 Å². The Morgan fingerprint density at radius 2 is 1.58 bits per heavy atom. The zero-order valence-corrected chi connectivity index (χ0v) is 9.49. The van der Waals surface area contributed by atoms with Gasteiger partial charge in [-0.2, -0.15) is 30.7 Å². The molecule has 112 valence electrons. The van der Waals surface area contributed by atoms with Gasteiger partial charge in [0.2, 0.25) is 5.76 Å². The van der Waals surface area contributed by atoms with Gasteiger partial charge < -0.3 is 9.47 Å². The van der Waals surface area contributed by atoms with Crippen LogP contribution in [0.15, 0.2) is 12.3 Å². The van der Waals surface area contributed by atoms with Crippen LogP contribution >= 0.6 is 0 Å². The van der Waals surface area contributed by atoms with E-state index in [2.05, 4.69) is 16.1 Å². The van der Waals surface area contributed by atoms with Gasteiger partial charge in [0.1, 0.15) is 0 Å². The summed E-state index contributed by atoms with van der Waals surface area (Å²) < 4.78 is 92.5. The molecule has 0 saturated heterocycles. The molecule has 0 aliphatic heterocycles. The van der Waals surface area contributed by atoms with E-state index in [0.29, 0.717) is 0 Å². The molecule has 0 bridgehead atoms. The number of hydrogen-bond acceptors (Lipinski definition) is 3. The summed E-state index contributed by atoms with van der Waals surface area (Å²) in [6.45, 7) is 3.78. The van der Waals surface area contributed by atoms with Crippen LogP contribution in [0.2, 0.25) is 0 Å². The molecule has 0 saturated carbocycles. The standard InChI is InChI=1S/C9H9F7O3/c1-3-4-18-6(17)5(2)19-9(15,16)7(10,11)8(12,13)14/h2-4H2,1H3. The molecule has 0 radical (unpaired) electrons. The Morgan fingerprint density at radius 3 is 1.95 bits per heavy atom. The van der Waals surface area contributed by atoms with E-state index in [0.717, 1.165) is 0 Å². The maximum absolute atomic E-state index is 12.7. The summed E-state index contributed by atoms with van der Waals surface area (Å²) in [4.78, 5) is 10.9. The number of carbonyl (C=O) groups is 1. The minimum atomic E-state index is -6.55. The Balaban J connectivity index is 4.87. The Hall–Kier alpha value is -1.48. The normalized spacial score (nSPS) is 13.1. The fraction of sp³-hybridized carbons (Fsp3) is 0.667. The number of alkyl halides is 7. The molecule has 3 nitrogen and oxygen atoms in total. The number of ether oxygens (including phenoxy) is 2. The van der Waals surface area contributed by atoms with Gasteiger partial charge >= 0.3 is 24.2 Å². The molecular weight excluding hydrogens is 289 g/mol. The van der Waals surface area contributed by atoms with Crippen molar-refractivity contribution in [2.75, 3.05) is 6.61 Å². The van der Waals surface area contributed by atoms with Crippen LogP contribution < -0.4 is 0 Å². The molecule has 0 aromatic heterocycles. The van der Waals surface area contributed by atoms with Crippen molar-refractivity contribution >= 4 is 5.97 Å². The predicted molar refractivity (Wildman–Crippen MR) is 47.4 cm³/mol. The highest BCUT2D eigenvalue weighted by Crippen LogP contribution is 2.47. The number of esters is 1. The van der Waals surface area contributed by atoms with Crippen LogP contribution in [0.5, 0.6) is 0 Å². The molecule has 0 atom stereocenters. The molecular formula is C9H9F7O3. The Morgan fingerprint density at radius 1 is 1.11 bits per heavy atom. The quantitative estimate of drug-likeness (QED) is 0.327. The largest absolute Gasteiger partial charge is 0.474 e. The van der Waals surface area contributed by atoms with Crippen LogP contribution in [0.4, 0.5) is 30.7 Å². The Bertz CT molecular complexity index is 348. The van der Waals surface area contributed by atoms with Crippen LogP contribution in [0.3, 0.4) is 0 Å². The Labute approximate surface area is 103 Å². The number of rotatable bonds is 6. The van der Waals surface area contributed by atoms with Crippen molar-refractivity contribution in [1.29, 1.82) is 0 Å². The number of hydrogen-bond donors (Lipinski definition) is 0. The van der Waals surface area contributed by atoms with E-state index in [-0.39, 0.29) is 13.0 Å². The second-order valence-corrected chi connectivity index (χ2v) is 3.25. The van der Waals surface area contributed by atoms with E-state index >= 15 is 0 Å². The van der Waals surface area contributed by atoms with Crippen molar-refractivity contribution in [2.45, 2.75) is 31.6 Å². The molecule has 0 amide bonds. The fourth-order valence-electron chi connectivity index (χ4n) is 0.701. The lowest BCUT2D eigenvalue weighted by molar-refractivity contribution is -0.415. The first-order valence-corrected chi connectivity index (χ1v) is 4.74. The summed E-state index contributed by atoms with van der Waals surface area (Å²) in [5.41, 5.74) is 0. The summed E-state index contributed by atoms with van der Waals surface area (Å²) in [6.07, 6.45) is -12.3. The van der Waals surface area contributed by atoms with E-state index in [4.69, 9.17) is 0 Å². The van der Waals surface area contributed by atoms with Gasteiger partial charge in [0.05, 0.1) is 6.61 Å². The molecule has 0 N–H and O–H groups in total. The third kappa shape index (κ3) is 4.00. The lowest BCUT2D eigenvalue weighted by atomic mass is 10.3. The average Bonchev–Trinajstić information content (AvgIpc) is 2.23. The molecule has 0 fully saturated rings. The average molecular weight is 298 g/mol. The van der Waals surface area contributed by atoms with Gasteiger partial charge in [-0.1, -0.05) is 6.92 Å². The van der Waals surface area contributed by atoms with E-state index in [1.165, 1.54) is 6.92 Å². The molecule has 19 heavy (non-hydrogen) atoms. The van der Waals surface area contributed by atoms with E-state index in [1.807, 2.05) is 0 Å². The van der Waals surface area contributed by atoms with Crippen molar-refractivity contribution in [1.82, 2.24) is 0 Å². The van der Waals surface area contributed by atoms with Crippen molar-refractivity contribution in [3.05, 3.63) is 12.3 Å². The molecule has 0 spiro atoms. The lowest BCUT2D eigenvalue weighted by Gasteiger charge is -2.27. The summed E-state index contributed by atoms with van der Waals surface area (Å²) in [5.74, 6) is -9.78. The van der Waals surface area contributed by atoms with Crippen LogP contribution in [0, 0.1) is 0 Å². The molecule has 0 aliphatic carbocycles. The molecule has 0 aliphatic rings. The molecule has 0 aromatic rings. The van der Waals surface area contributed by atoms with Crippen molar-refractivity contribution in [3.8, 4) is 0 Å². The third-order valence-corrected chi connectivity index (χ3v) is 1.64. The zero-order chi connectivity index (χ0) is 15.5. The van der Waals surface area contributed by atoms with Crippen LogP contribution in [0.25, 0.3) is 0 Å². The summed E-state index contributed by atoms with van der Waals surface area (Å²) in [5, 5.41) is 0. The molecule has 0 heterocycles. The van der Waals surface area contributed by atoms with Gasteiger partial charge in [-0.15, -0.1) is 0 Å². The van der Waals surface area contributed by atoms with Crippen molar-refractivity contribution < 1.29 is 45.0 Å². The monoisotopic (exact) mass is 298 g/mol. The van der Waals surface area contributed by atoms with E-state index in [9.17, 15) is 35.5 Å². The second-order valence-electron chi connectivity index (χ2n) is 3.25. The van der Waals surface area contributed by atoms with Crippen molar-refractivity contribution in [3.63, 3.8) is 0 Å². The number of carbonyl (C=O) groups excluding carboxylic acids is 1. The van der Waals surface area contributed by atoms with Crippen LogP contribution in [-0.4, -0.2) is 30.8 Å². The molecule has 0 aromatic carbocycles. The van der Waals surface area contributed by atoms with Gasteiger partial charge in [-0.3, -0.25) is 0 Å². The zero-order valence-electron chi connectivity index (χ0n) is 9.49. The van der Waals surface area contributed by atoms with Crippen LogP contribution in [-0.2, 0) is 14.3 Å². The minimum Gasteiger partial charge on any atom is -0.460 e. The van der Waals surface area contributed by atoms with E-state index in [1.54, 1.807) is 0 Å². The highest BCUT2D eigenvalue weighted by atomic mass is 19.4. The number of halogens is 7. The maximum Gasteiger partial charge on any atom is 0.474 e. The van der Waals surface area contributed by atoms with Gasteiger partial charge in [0.25, 0.3) is 0 Å². The van der Waals surface area contributed by atoms with Crippen molar-refractivity contribution in [2.24, 2.45) is 0 Å². The first-order valence-electron chi connectivity index (χ1n) is 4.74. The predicted octanol–water partition coefficient (Wildman–Crippen LogP) is 3.26. The first-order chi connectivity index (χ1) is 8.37. The van der Waals surface area contributed by atoms with Crippen LogP contribution in [0.1, 0.15) is 13.3 Å². The highest BCUT2D eigenvalue weighted by molar-refractivity contribution is 5.85. The molecule has 0 rings (SSSR count). The van der Waals surface area contributed by atoms with Gasteiger partial charge in [0.15, 0.2) is 0 Å². The Kier molecular flexibility index (Phi) is 5.22. The fourth-order valence-corrected chi connectivity index (χ4v) is 0.701. The minimum absolute atomic E-state index is 0.261. The van der Waals surface area contributed by atoms with Gasteiger partial charge in [-0.25, -0.2) is 4.79 Å². The molecule has 10 heteroatoms. The van der Waals surface area contributed by atoms with Gasteiger partial charge in [-0.05, 0) is 13.0 Å². The molecule has 0 unspecified atom stereocenters. The maximum atomic E-state index is 12.7. The smallest absolute Gasteiger partial charge is 0.460 e. The summed E-state index contributed by atoms with van der Waals surface area (Å²) in [7, 11) is 0. The summed E-state index contributed by atoms with van der Waals surface area (Å²) in [6, 6.07) is 0. The SMILES string of the molecule is C=C(OC(F)(F)C(F)(F)C(F)(F)F)C(=O)OCCC.